The number of thiol groups is 1. The van der Waals surface area contributed by atoms with Crippen molar-refractivity contribution in [3.8, 4) is 0 Å². The maximum absolute atomic E-state index is 11.7. The van der Waals surface area contributed by atoms with Crippen LogP contribution in [0.15, 0.2) is 0 Å². The maximum atomic E-state index is 11.7. The number of esters is 1. The van der Waals surface area contributed by atoms with Crippen LogP contribution >= 0.6 is 12.6 Å². The van der Waals surface area contributed by atoms with Gasteiger partial charge in [0.25, 0.3) is 0 Å². The first kappa shape index (κ1) is 12.9. The molecule has 0 spiro atoms. The summed E-state index contributed by atoms with van der Waals surface area (Å²) in [6, 6.07) is -0.213. The summed E-state index contributed by atoms with van der Waals surface area (Å²) in [5, 5.41) is 3.67. The number of hydrogen-bond donors (Lipinski definition) is 2. The summed E-state index contributed by atoms with van der Waals surface area (Å²) in [5.74, 6) is 3.14. The Morgan fingerprint density at radius 2 is 1.78 bits per heavy atom. The van der Waals surface area contributed by atoms with Crippen molar-refractivity contribution < 1.29 is 9.53 Å². The van der Waals surface area contributed by atoms with Crippen molar-refractivity contribution in [1.82, 2.24) is 5.23 Å². The van der Waals surface area contributed by atoms with E-state index in [0.717, 1.165) is 17.8 Å². The Bertz CT molecular complexity index is 315. The molecule has 3 aliphatic heterocycles. The number of methoxy groups -OCH3 is 1. The van der Waals surface area contributed by atoms with Crippen molar-refractivity contribution in [3.63, 3.8) is 0 Å². The first-order chi connectivity index (χ1) is 8.64. The van der Waals surface area contributed by atoms with Gasteiger partial charge in [0.1, 0.15) is 0 Å². The Morgan fingerprint density at radius 3 is 2.17 bits per heavy atom. The van der Waals surface area contributed by atoms with E-state index in [-0.39, 0.29) is 12.0 Å². The molecule has 1 aliphatic carbocycles. The monoisotopic (exact) mass is 268 g/mol. The average Bonchev–Trinajstić information content (AvgIpc) is 2.33. The van der Waals surface area contributed by atoms with E-state index in [1.165, 1.54) is 45.3 Å². The minimum atomic E-state index is -0.521. The van der Waals surface area contributed by atoms with Crippen molar-refractivity contribution in [3.05, 3.63) is 0 Å². The van der Waals surface area contributed by atoms with E-state index < -0.39 is 6.28 Å². The lowest BCUT2D eigenvalue weighted by Crippen LogP contribution is -2.65. The number of nitrogens with one attached hydrogen (secondary N) is 1. The van der Waals surface area contributed by atoms with Gasteiger partial charge in [-0.2, -0.15) is 31.6 Å². The molecule has 4 rings (SSSR count). The molecular formula is C13H23BNO2S-. The third-order valence-corrected chi connectivity index (χ3v) is 5.94. The quantitative estimate of drug-likeness (QED) is 0.465. The van der Waals surface area contributed by atoms with Crippen LogP contribution in [0.3, 0.4) is 0 Å². The molecule has 0 aromatic heterocycles. The zero-order chi connectivity index (χ0) is 12.8. The fraction of sp³-hybridized carbons (Fsp3) is 0.923. The van der Waals surface area contributed by atoms with Gasteiger partial charge in [0.2, 0.25) is 0 Å². The number of carbonyl (C=O) groups excluding carboxylic acids is 1. The molecule has 3 heterocycles. The predicted molar refractivity (Wildman–Crippen MR) is 77.3 cm³/mol. The largest absolute Gasteiger partial charge is 0.476 e. The highest BCUT2D eigenvalue weighted by atomic mass is 32.1. The Balaban J connectivity index is 1.73. The van der Waals surface area contributed by atoms with Crippen LogP contribution in [0, 0.1) is 17.8 Å². The molecule has 5 heteroatoms. The number of hydrogen-bond acceptors (Lipinski definition) is 4. The molecule has 1 N–H and O–H groups in total. The third kappa shape index (κ3) is 2.20. The summed E-state index contributed by atoms with van der Waals surface area (Å²) < 4.78 is 4.88. The van der Waals surface area contributed by atoms with Crippen LogP contribution in [-0.4, -0.2) is 31.2 Å². The second-order valence-corrected chi connectivity index (χ2v) is 7.28. The lowest BCUT2D eigenvalue weighted by molar-refractivity contribution is -0.142. The fourth-order valence-corrected chi connectivity index (χ4v) is 5.71. The Morgan fingerprint density at radius 1 is 1.28 bits per heavy atom. The smallest absolute Gasteiger partial charge is 0.320 e. The topological polar surface area (TPSA) is 38.3 Å². The van der Waals surface area contributed by atoms with E-state index in [2.05, 4.69) is 17.9 Å². The lowest BCUT2D eigenvalue weighted by atomic mass is 9.18. The molecule has 0 unspecified atom stereocenters. The average molecular weight is 268 g/mol. The van der Waals surface area contributed by atoms with E-state index in [4.69, 9.17) is 4.74 Å². The molecule has 4 bridgehead atoms. The van der Waals surface area contributed by atoms with E-state index in [1.54, 1.807) is 0 Å². The number of rotatable bonds is 4. The van der Waals surface area contributed by atoms with Gasteiger partial charge in [-0.3, -0.25) is 4.79 Å². The van der Waals surface area contributed by atoms with Crippen LogP contribution in [-0.2, 0) is 9.53 Å². The van der Waals surface area contributed by atoms with E-state index in [9.17, 15) is 4.79 Å². The Hall–Kier alpha value is -0.155. The van der Waals surface area contributed by atoms with Crippen LogP contribution < -0.4 is 5.23 Å². The van der Waals surface area contributed by atoms with E-state index >= 15 is 0 Å². The summed E-state index contributed by atoms with van der Waals surface area (Å²) in [5.41, 5.74) is 0. The molecule has 102 valence electrons. The molecule has 0 amide bonds. The van der Waals surface area contributed by atoms with Gasteiger partial charge in [-0.15, -0.1) is 0 Å². The molecule has 3 nitrogen and oxygen atoms in total. The molecular weight excluding hydrogens is 245 g/mol. The molecule has 1 saturated carbocycles. The normalized spacial score (nSPS) is 42.9. The molecule has 0 aromatic rings. The van der Waals surface area contributed by atoms with Gasteiger partial charge in [-0.05, 0) is 0 Å². The second kappa shape index (κ2) is 4.75. The van der Waals surface area contributed by atoms with Gasteiger partial charge in [-0.25, -0.2) is 0 Å². The summed E-state index contributed by atoms with van der Waals surface area (Å²) in [6.07, 6.45) is 7.73. The molecule has 4 aliphatic rings. The third-order valence-electron chi connectivity index (χ3n) is 5.58. The van der Waals surface area contributed by atoms with Gasteiger partial charge in [0.15, 0.2) is 0 Å². The standard InChI is InChI=1S/C13H23BNO2S/c1-17-13(16)12(8-18)15-14-5-9-2-10(6-14)4-11(3-9)7-14/h9-12,15,18H,2-8H2,1H3/q-1/t9?,10?,11?,12-,14?/m0/s1. The summed E-state index contributed by atoms with van der Waals surface area (Å²) in [6.45, 7) is 0. The molecule has 1 atom stereocenters. The van der Waals surface area contributed by atoms with E-state index in [1.807, 2.05) is 0 Å². The zero-order valence-electron chi connectivity index (χ0n) is 11.1. The van der Waals surface area contributed by atoms with Crippen molar-refractivity contribution in [2.75, 3.05) is 12.9 Å². The minimum absolute atomic E-state index is 0.150. The summed E-state index contributed by atoms with van der Waals surface area (Å²) in [7, 11) is 1.47. The SMILES string of the molecule is COC(=O)[C@H](CS)N[B-]12CC3CC(CC(C3)C1)C2. The Labute approximate surface area is 115 Å². The van der Waals surface area contributed by atoms with Gasteiger partial charge < -0.3 is 9.96 Å². The first-order valence-electron chi connectivity index (χ1n) is 7.31. The predicted octanol–water partition coefficient (Wildman–Crippen LogP) is 2.05. The Kier molecular flexibility index (Phi) is 3.39. The minimum Gasteiger partial charge on any atom is -0.476 e. The van der Waals surface area contributed by atoms with Crippen LogP contribution in [0.25, 0.3) is 0 Å². The molecule has 0 aromatic carbocycles. The highest BCUT2D eigenvalue weighted by molar-refractivity contribution is 7.80. The maximum Gasteiger partial charge on any atom is 0.320 e. The zero-order valence-corrected chi connectivity index (χ0v) is 12.0. The van der Waals surface area contributed by atoms with Crippen LogP contribution in [0.1, 0.15) is 19.3 Å². The van der Waals surface area contributed by atoms with Crippen molar-refractivity contribution in [2.24, 2.45) is 17.8 Å². The summed E-state index contributed by atoms with van der Waals surface area (Å²) >= 11 is 4.31. The first-order valence-corrected chi connectivity index (χ1v) is 7.94. The number of ether oxygens (including phenoxy) is 1. The highest BCUT2D eigenvalue weighted by Crippen LogP contribution is 2.55. The molecule has 4 fully saturated rings. The van der Waals surface area contributed by atoms with E-state index in [0.29, 0.717) is 5.75 Å². The van der Waals surface area contributed by atoms with Crippen LogP contribution in [0.5, 0.6) is 0 Å². The summed E-state index contributed by atoms with van der Waals surface area (Å²) in [4.78, 5) is 11.7. The van der Waals surface area contributed by atoms with Crippen LogP contribution in [0.4, 0.5) is 0 Å². The van der Waals surface area contributed by atoms with Crippen molar-refractivity contribution in [2.45, 2.75) is 44.3 Å². The number of carbonyl (C=O) groups is 1. The van der Waals surface area contributed by atoms with Crippen molar-refractivity contribution in [1.29, 1.82) is 0 Å². The van der Waals surface area contributed by atoms with Gasteiger partial charge >= 0.3 is 5.97 Å². The fourth-order valence-electron chi connectivity index (χ4n) is 5.45. The second-order valence-electron chi connectivity index (χ2n) is 6.92. The lowest BCUT2D eigenvalue weighted by Gasteiger charge is -2.62. The van der Waals surface area contributed by atoms with Gasteiger partial charge in [0, 0.05) is 5.75 Å². The van der Waals surface area contributed by atoms with Gasteiger partial charge in [-0.1, -0.05) is 37.0 Å². The molecule has 0 radical (unpaired) electrons. The molecule has 3 saturated heterocycles. The highest BCUT2D eigenvalue weighted by Gasteiger charge is 2.47. The van der Waals surface area contributed by atoms with Crippen LogP contribution in [0.2, 0.25) is 19.0 Å². The molecule has 18 heavy (non-hydrogen) atoms. The van der Waals surface area contributed by atoms with Crippen molar-refractivity contribution >= 4 is 24.9 Å². The van der Waals surface area contributed by atoms with Gasteiger partial charge in [0.05, 0.1) is 19.4 Å².